The molecule has 0 amide bonds. The van der Waals surface area contributed by atoms with Gasteiger partial charge in [0.2, 0.25) is 0 Å². The Labute approximate surface area is 234 Å². The third-order valence-electron chi connectivity index (χ3n) is 8.61. The predicted octanol–water partition coefficient (Wildman–Crippen LogP) is 4.64. The summed E-state index contributed by atoms with van der Waals surface area (Å²) < 4.78 is 13.0. The van der Waals surface area contributed by atoms with Crippen LogP contribution in [0.4, 0.5) is 0 Å². The van der Waals surface area contributed by atoms with E-state index in [0.717, 1.165) is 35.0 Å². The summed E-state index contributed by atoms with van der Waals surface area (Å²) >= 11 is 1.41. The lowest BCUT2D eigenvalue weighted by molar-refractivity contribution is -0.156. The van der Waals surface area contributed by atoms with Crippen molar-refractivity contribution < 1.29 is 34.4 Å². The number of nitrogens with zero attached hydrogens (tertiary/aromatic N) is 1. The fraction of sp³-hybridized carbons (Fsp3) is 0.633. The number of fused-ring (bicyclic) bond motifs is 2. The maximum Gasteiger partial charge on any atom is 0.309 e. The maximum atomic E-state index is 13.6. The molecule has 0 spiro atoms. The van der Waals surface area contributed by atoms with Crippen LogP contribution >= 0.6 is 11.3 Å². The summed E-state index contributed by atoms with van der Waals surface area (Å²) in [5.41, 5.74) is -0.161. The van der Waals surface area contributed by atoms with Crippen LogP contribution in [0, 0.1) is 17.3 Å². The van der Waals surface area contributed by atoms with Crippen LogP contribution in [0.5, 0.6) is 0 Å². The van der Waals surface area contributed by atoms with Crippen molar-refractivity contribution in [2.75, 3.05) is 0 Å². The Morgan fingerprint density at radius 1 is 1.23 bits per heavy atom. The minimum absolute atomic E-state index is 0.112. The predicted molar refractivity (Wildman–Crippen MR) is 149 cm³/mol. The van der Waals surface area contributed by atoms with Gasteiger partial charge in [0, 0.05) is 12.3 Å². The number of benzene rings is 1. The molecule has 1 aromatic carbocycles. The van der Waals surface area contributed by atoms with Gasteiger partial charge in [-0.15, -0.1) is 17.9 Å². The second kappa shape index (κ2) is 11.7. The second-order valence-corrected chi connectivity index (χ2v) is 13.0. The zero-order valence-electron chi connectivity index (χ0n) is 23.3. The van der Waals surface area contributed by atoms with E-state index in [0.29, 0.717) is 11.4 Å². The molecule has 2 aromatic rings. The van der Waals surface area contributed by atoms with E-state index in [2.05, 4.69) is 11.6 Å². The number of rotatable bonds is 4. The summed E-state index contributed by atoms with van der Waals surface area (Å²) in [4.78, 5) is 31.2. The van der Waals surface area contributed by atoms with Crippen LogP contribution in [0.25, 0.3) is 10.2 Å². The molecule has 1 aromatic heterocycles. The first-order valence-corrected chi connectivity index (χ1v) is 14.6. The van der Waals surface area contributed by atoms with Crippen molar-refractivity contribution in [3.05, 3.63) is 41.4 Å². The number of hydrogen-bond acceptors (Lipinski definition) is 9. The van der Waals surface area contributed by atoms with Gasteiger partial charge in [0.05, 0.1) is 52.6 Å². The third kappa shape index (κ3) is 6.43. The molecule has 0 bridgehead atoms. The van der Waals surface area contributed by atoms with Crippen molar-refractivity contribution in [2.45, 2.75) is 103 Å². The number of thiazole rings is 1. The smallest absolute Gasteiger partial charge is 0.309 e. The monoisotopic (exact) mass is 559 g/mol. The first-order valence-electron chi connectivity index (χ1n) is 13.8. The highest BCUT2D eigenvalue weighted by Gasteiger charge is 2.53. The third-order valence-corrected chi connectivity index (χ3v) is 9.63. The molecule has 3 heterocycles. The SMILES string of the molecule is C=CCC1C(=O)C(C)(C)[C@@H](O)CC(=O)O[C@H](c2ccc3sc(CO)nc3c2)C[C@@H]2O[C@]2(C)CCC[C@H](C)C1O. The van der Waals surface area contributed by atoms with Crippen molar-refractivity contribution in [3.63, 3.8) is 0 Å². The number of cyclic esters (lactones) is 1. The van der Waals surface area contributed by atoms with Gasteiger partial charge in [-0.1, -0.05) is 39.3 Å². The van der Waals surface area contributed by atoms with Gasteiger partial charge in [0.25, 0.3) is 0 Å². The van der Waals surface area contributed by atoms with Crippen LogP contribution in [0.1, 0.15) is 82.9 Å². The molecule has 7 atom stereocenters. The van der Waals surface area contributed by atoms with Crippen LogP contribution in [-0.4, -0.2) is 56.0 Å². The summed E-state index contributed by atoms with van der Waals surface area (Å²) in [6, 6.07) is 5.67. The summed E-state index contributed by atoms with van der Waals surface area (Å²) in [7, 11) is 0. The Morgan fingerprint density at radius 3 is 2.67 bits per heavy atom. The van der Waals surface area contributed by atoms with Gasteiger partial charge in [-0.05, 0) is 49.8 Å². The van der Waals surface area contributed by atoms with E-state index in [1.54, 1.807) is 19.9 Å². The van der Waals surface area contributed by atoms with Crippen molar-refractivity contribution in [1.82, 2.24) is 4.98 Å². The number of aliphatic hydroxyl groups excluding tert-OH is 3. The van der Waals surface area contributed by atoms with Crippen molar-refractivity contribution in [1.29, 1.82) is 0 Å². The Morgan fingerprint density at radius 2 is 1.97 bits per heavy atom. The number of ether oxygens (including phenoxy) is 2. The van der Waals surface area contributed by atoms with Gasteiger partial charge in [-0.3, -0.25) is 9.59 Å². The highest BCUT2D eigenvalue weighted by atomic mass is 32.1. The molecule has 0 aliphatic carbocycles. The zero-order chi connectivity index (χ0) is 28.5. The van der Waals surface area contributed by atoms with E-state index < -0.39 is 35.6 Å². The van der Waals surface area contributed by atoms with Gasteiger partial charge in [-0.25, -0.2) is 4.98 Å². The lowest BCUT2D eigenvalue weighted by Crippen LogP contribution is -2.46. The molecule has 2 aliphatic rings. The van der Waals surface area contributed by atoms with Crippen LogP contribution in [0.3, 0.4) is 0 Å². The minimum Gasteiger partial charge on any atom is -0.457 e. The highest BCUT2D eigenvalue weighted by Crippen LogP contribution is 2.47. The lowest BCUT2D eigenvalue weighted by Gasteiger charge is -2.35. The number of aromatic nitrogens is 1. The summed E-state index contributed by atoms with van der Waals surface area (Å²) in [6.45, 7) is 10.8. The molecule has 214 valence electrons. The average molecular weight is 560 g/mol. The summed E-state index contributed by atoms with van der Waals surface area (Å²) in [5.74, 6) is -1.77. The number of epoxide rings is 1. The largest absolute Gasteiger partial charge is 0.457 e. The molecule has 0 saturated carbocycles. The number of carbonyl (C=O) groups excluding carboxylic acids is 2. The molecular weight excluding hydrogens is 518 g/mol. The van der Waals surface area contributed by atoms with Gasteiger partial charge in [0.1, 0.15) is 16.9 Å². The number of ketones is 1. The number of allylic oxidation sites excluding steroid dienone is 1. The van der Waals surface area contributed by atoms with E-state index in [1.807, 2.05) is 32.0 Å². The number of esters is 1. The Balaban J connectivity index is 1.63. The summed E-state index contributed by atoms with van der Waals surface area (Å²) in [5, 5.41) is 32.3. The lowest BCUT2D eigenvalue weighted by atomic mass is 9.71. The number of carbonyl (C=O) groups is 2. The van der Waals surface area contributed by atoms with Crippen LogP contribution < -0.4 is 0 Å². The van der Waals surface area contributed by atoms with E-state index in [9.17, 15) is 24.9 Å². The first-order chi connectivity index (χ1) is 18.4. The zero-order valence-corrected chi connectivity index (χ0v) is 24.1. The second-order valence-electron chi connectivity index (χ2n) is 11.9. The van der Waals surface area contributed by atoms with Gasteiger partial charge < -0.3 is 24.8 Å². The molecule has 0 radical (unpaired) electrons. The number of Topliss-reactive ketones (excluding diaryl/α,β-unsaturated/α-hetero) is 1. The van der Waals surface area contributed by atoms with Gasteiger partial charge in [0.15, 0.2) is 0 Å². The van der Waals surface area contributed by atoms with E-state index in [1.165, 1.54) is 11.3 Å². The molecule has 39 heavy (non-hydrogen) atoms. The molecule has 2 aliphatic heterocycles. The molecule has 4 rings (SSSR count). The van der Waals surface area contributed by atoms with Crippen molar-refractivity contribution in [3.8, 4) is 0 Å². The topological polar surface area (TPSA) is 129 Å². The fourth-order valence-corrected chi connectivity index (χ4v) is 6.51. The quantitative estimate of drug-likeness (QED) is 0.281. The van der Waals surface area contributed by atoms with Crippen LogP contribution in [0.2, 0.25) is 0 Å². The Bertz CT molecular complexity index is 1210. The molecular formula is C30H41NO7S. The minimum atomic E-state index is -1.29. The number of aliphatic hydroxyl groups is 3. The molecule has 8 nitrogen and oxygen atoms in total. The van der Waals surface area contributed by atoms with Gasteiger partial charge in [-0.2, -0.15) is 0 Å². The maximum absolute atomic E-state index is 13.6. The summed E-state index contributed by atoms with van der Waals surface area (Å²) in [6.07, 6.45) is 1.38. The molecule has 2 saturated heterocycles. The Kier molecular flexibility index (Phi) is 8.98. The Hall–Kier alpha value is -2.17. The fourth-order valence-electron chi connectivity index (χ4n) is 5.70. The molecule has 2 fully saturated rings. The van der Waals surface area contributed by atoms with Gasteiger partial charge >= 0.3 is 5.97 Å². The van der Waals surface area contributed by atoms with Crippen molar-refractivity contribution >= 4 is 33.3 Å². The highest BCUT2D eigenvalue weighted by molar-refractivity contribution is 7.18. The van der Waals surface area contributed by atoms with Crippen LogP contribution in [-0.2, 0) is 25.7 Å². The van der Waals surface area contributed by atoms with E-state index in [-0.39, 0.29) is 42.9 Å². The van der Waals surface area contributed by atoms with E-state index in [4.69, 9.17) is 9.47 Å². The van der Waals surface area contributed by atoms with Crippen LogP contribution in [0.15, 0.2) is 30.9 Å². The van der Waals surface area contributed by atoms with Crippen molar-refractivity contribution in [2.24, 2.45) is 17.3 Å². The first kappa shape index (κ1) is 29.8. The number of hydrogen-bond donors (Lipinski definition) is 3. The standard InChI is InChI=1S/C30H41NO7S/c1-6-8-19-27(35)17(2)9-7-12-30(5)24(38-30)14-21(37-26(34)15-23(33)29(3,4)28(19)36)18-10-11-22-20(13-18)31-25(16-32)39-22/h6,10-11,13,17,19,21,23-24,27,32-33,35H,1,7-9,12,14-16H2,2-5H3/t17-,19?,21-,23-,24-,27?,30+/m0/s1. The normalized spacial score (nSPS) is 34.3. The molecule has 9 heteroatoms. The van der Waals surface area contributed by atoms with E-state index >= 15 is 0 Å². The average Bonchev–Trinajstić information content (AvgIpc) is 3.33. The molecule has 2 unspecified atom stereocenters. The molecule has 3 N–H and O–H groups in total.